The maximum atomic E-state index is 6.12. The molecule has 0 spiro atoms. The number of ether oxygens (including phenoxy) is 1. The van der Waals surface area contributed by atoms with Gasteiger partial charge in [0, 0.05) is 18.7 Å². The molecular weight excluding hydrogens is 336 g/mol. The molecule has 2 aromatic heterocycles. The fourth-order valence-electron chi connectivity index (χ4n) is 3.40. The van der Waals surface area contributed by atoms with Crippen molar-refractivity contribution in [3.8, 4) is 5.75 Å². The zero-order chi connectivity index (χ0) is 17.1. The van der Waals surface area contributed by atoms with Crippen LogP contribution < -0.4 is 4.74 Å². The molecule has 6 heteroatoms. The van der Waals surface area contributed by atoms with E-state index in [4.69, 9.17) is 16.3 Å². The van der Waals surface area contributed by atoms with Crippen LogP contribution >= 0.6 is 11.6 Å². The van der Waals surface area contributed by atoms with Crippen molar-refractivity contribution in [3.05, 3.63) is 59.5 Å². The molecule has 1 aliphatic rings. The topological polar surface area (TPSA) is 42.7 Å². The molecule has 3 heterocycles. The van der Waals surface area contributed by atoms with Crippen LogP contribution in [0, 0.1) is 0 Å². The van der Waals surface area contributed by atoms with Gasteiger partial charge in [0.2, 0.25) is 0 Å². The third-order valence-electron chi connectivity index (χ3n) is 4.79. The van der Waals surface area contributed by atoms with Crippen molar-refractivity contribution in [2.75, 3.05) is 26.2 Å². The number of nitrogens with zero attached hydrogens (tertiary/aromatic N) is 4. The third-order valence-corrected chi connectivity index (χ3v) is 5.11. The van der Waals surface area contributed by atoms with Gasteiger partial charge in [-0.1, -0.05) is 29.8 Å². The van der Waals surface area contributed by atoms with Crippen LogP contribution in [-0.4, -0.2) is 45.7 Å². The average Bonchev–Trinajstić information content (AvgIpc) is 3.08. The lowest BCUT2D eigenvalue weighted by atomic mass is 9.96. The highest BCUT2D eigenvalue weighted by Crippen LogP contribution is 2.27. The minimum Gasteiger partial charge on any atom is -0.491 e. The minimum absolute atomic E-state index is 0.470. The van der Waals surface area contributed by atoms with Crippen LogP contribution in [0.15, 0.2) is 48.7 Å². The minimum atomic E-state index is 0.470. The molecule has 0 N–H and O–H groups in total. The van der Waals surface area contributed by atoms with Crippen LogP contribution in [0.3, 0.4) is 0 Å². The van der Waals surface area contributed by atoms with Crippen LogP contribution in [0.5, 0.6) is 5.75 Å². The van der Waals surface area contributed by atoms with Crippen molar-refractivity contribution in [1.82, 2.24) is 19.5 Å². The Bertz CT molecular complexity index is 842. The van der Waals surface area contributed by atoms with E-state index < -0.39 is 0 Å². The summed E-state index contributed by atoms with van der Waals surface area (Å²) >= 11 is 6.12. The van der Waals surface area contributed by atoms with Crippen LogP contribution in [0.2, 0.25) is 5.02 Å². The summed E-state index contributed by atoms with van der Waals surface area (Å²) in [6.07, 6.45) is 4.25. The first-order valence-corrected chi connectivity index (χ1v) is 9.08. The Kier molecular flexibility index (Phi) is 4.85. The van der Waals surface area contributed by atoms with Crippen molar-refractivity contribution in [3.63, 3.8) is 0 Å². The molecule has 4 rings (SSSR count). The summed E-state index contributed by atoms with van der Waals surface area (Å²) in [4.78, 5) is 2.44. The third kappa shape index (κ3) is 3.62. The van der Waals surface area contributed by atoms with Crippen molar-refractivity contribution < 1.29 is 4.74 Å². The van der Waals surface area contributed by atoms with E-state index in [0.29, 0.717) is 17.5 Å². The Labute approximate surface area is 152 Å². The van der Waals surface area contributed by atoms with E-state index in [2.05, 4.69) is 25.7 Å². The predicted octanol–water partition coefficient (Wildman–Crippen LogP) is 3.64. The monoisotopic (exact) mass is 356 g/mol. The van der Waals surface area contributed by atoms with E-state index in [1.807, 2.05) is 42.5 Å². The van der Waals surface area contributed by atoms with Crippen LogP contribution in [0.25, 0.3) is 5.65 Å². The fraction of sp³-hybridized carbons (Fsp3) is 0.368. The Morgan fingerprint density at radius 2 is 1.84 bits per heavy atom. The number of para-hydroxylation sites is 1. The Hall–Kier alpha value is -2.11. The van der Waals surface area contributed by atoms with Crippen LogP contribution in [0.1, 0.15) is 24.6 Å². The van der Waals surface area contributed by atoms with Gasteiger partial charge in [-0.15, -0.1) is 10.2 Å². The number of pyridine rings is 1. The van der Waals surface area contributed by atoms with Gasteiger partial charge in [0.15, 0.2) is 5.65 Å². The second-order valence-electron chi connectivity index (χ2n) is 6.38. The number of aromatic nitrogens is 3. The van der Waals surface area contributed by atoms with Gasteiger partial charge in [0.05, 0.1) is 5.02 Å². The van der Waals surface area contributed by atoms with Gasteiger partial charge >= 0.3 is 0 Å². The predicted molar refractivity (Wildman–Crippen MR) is 98.3 cm³/mol. The number of likely N-dealkylation sites (tertiary alicyclic amines) is 1. The number of hydrogen-bond donors (Lipinski definition) is 0. The normalized spacial score (nSPS) is 16.4. The van der Waals surface area contributed by atoms with Crippen molar-refractivity contribution in [2.24, 2.45) is 0 Å². The van der Waals surface area contributed by atoms with E-state index in [0.717, 1.165) is 49.7 Å². The van der Waals surface area contributed by atoms with Crippen molar-refractivity contribution in [1.29, 1.82) is 0 Å². The van der Waals surface area contributed by atoms with E-state index in [1.165, 1.54) is 0 Å². The summed E-state index contributed by atoms with van der Waals surface area (Å²) in [5, 5.41) is 9.35. The van der Waals surface area contributed by atoms with Crippen molar-refractivity contribution >= 4 is 17.2 Å². The lowest BCUT2D eigenvalue weighted by Crippen LogP contribution is -2.36. The maximum absolute atomic E-state index is 6.12. The molecule has 3 aromatic rings. The van der Waals surface area contributed by atoms with Crippen LogP contribution in [-0.2, 0) is 0 Å². The van der Waals surface area contributed by atoms with Gasteiger partial charge in [0.1, 0.15) is 18.2 Å². The van der Waals surface area contributed by atoms with Gasteiger partial charge in [0.25, 0.3) is 0 Å². The number of hydrogen-bond acceptors (Lipinski definition) is 4. The SMILES string of the molecule is Clc1ccccc1OCCN1CCC(c2nnc3ccccn23)CC1. The molecule has 1 aliphatic heterocycles. The smallest absolute Gasteiger partial charge is 0.160 e. The van der Waals surface area contributed by atoms with Gasteiger partial charge in [-0.05, 0) is 50.2 Å². The largest absolute Gasteiger partial charge is 0.491 e. The lowest BCUT2D eigenvalue weighted by Gasteiger charge is -2.31. The molecule has 1 aromatic carbocycles. The molecule has 0 amide bonds. The van der Waals surface area contributed by atoms with Gasteiger partial charge < -0.3 is 4.74 Å². The number of halogens is 1. The number of benzene rings is 1. The van der Waals surface area contributed by atoms with Gasteiger partial charge in [-0.2, -0.15) is 0 Å². The molecular formula is C19H21ClN4O. The summed E-state index contributed by atoms with van der Waals surface area (Å²) in [5.74, 6) is 2.31. The number of rotatable bonds is 5. The summed E-state index contributed by atoms with van der Waals surface area (Å²) in [5.41, 5.74) is 0.924. The molecule has 0 unspecified atom stereocenters. The lowest BCUT2D eigenvalue weighted by molar-refractivity contribution is 0.171. The Morgan fingerprint density at radius 3 is 2.68 bits per heavy atom. The highest BCUT2D eigenvalue weighted by atomic mass is 35.5. The first kappa shape index (κ1) is 16.4. The average molecular weight is 357 g/mol. The fourth-order valence-corrected chi connectivity index (χ4v) is 3.59. The molecule has 25 heavy (non-hydrogen) atoms. The molecule has 130 valence electrons. The zero-order valence-electron chi connectivity index (χ0n) is 14.0. The van der Waals surface area contributed by atoms with E-state index >= 15 is 0 Å². The van der Waals surface area contributed by atoms with Crippen LogP contribution in [0.4, 0.5) is 0 Å². The molecule has 0 bridgehead atoms. The molecule has 0 radical (unpaired) electrons. The second-order valence-corrected chi connectivity index (χ2v) is 6.79. The molecule has 5 nitrogen and oxygen atoms in total. The summed E-state index contributed by atoms with van der Waals surface area (Å²) in [6.45, 7) is 3.68. The Morgan fingerprint density at radius 1 is 1.04 bits per heavy atom. The van der Waals surface area contributed by atoms with E-state index in [1.54, 1.807) is 0 Å². The number of fused-ring (bicyclic) bond motifs is 1. The van der Waals surface area contributed by atoms with Gasteiger partial charge in [-0.3, -0.25) is 9.30 Å². The molecule has 1 fully saturated rings. The maximum Gasteiger partial charge on any atom is 0.160 e. The molecule has 0 aliphatic carbocycles. The first-order valence-electron chi connectivity index (χ1n) is 8.70. The van der Waals surface area contributed by atoms with E-state index in [9.17, 15) is 0 Å². The Balaban J connectivity index is 1.29. The quantitative estimate of drug-likeness (QED) is 0.700. The first-order chi connectivity index (χ1) is 12.3. The second kappa shape index (κ2) is 7.42. The zero-order valence-corrected chi connectivity index (χ0v) is 14.8. The summed E-state index contributed by atoms with van der Waals surface area (Å²) < 4.78 is 7.91. The van der Waals surface area contributed by atoms with E-state index in [-0.39, 0.29) is 0 Å². The van der Waals surface area contributed by atoms with Crippen molar-refractivity contribution in [2.45, 2.75) is 18.8 Å². The standard InChI is InChI=1S/C19H21ClN4O/c20-16-5-1-2-6-17(16)25-14-13-23-11-8-15(9-12-23)19-22-21-18-7-3-4-10-24(18)19/h1-7,10,15H,8-9,11-14H2. The highest BCUT2D eigenvalue weighted by molar-refractivity contribution is 6.32. The summed E-state index contributed by atoms with van der Waals surface area (Å²) in [7, 11) is 0. The highest BCUT2D eigenvalue weighted by Gasteiger charge is 2.24. The number of piperidine rings is 1. The summed E-state index contributed by atoms with van der Waals surface area (Å²) in [6, 6.07) is 13.6. The molecule has 0 saturated carbocycles. The molecule has 1 saturated heterocycles. The van der Waals surface area contributed by atoms with Gasteiger partial charge in [-0.25, -0.2) is 0 Å². The molecule has 0 atom stereocenters.